The molecule has 0 aromatic heterocycles. The van der Waals surface area contributed by atoms with Crippen molar-refractivity contribution < 1.29 is 4.79 Å². The van der Waals surface area contributed by atoms with Crippen LogP contribution in [-0.2, 0) is 4.79 Å². The first kappa shape index (κ1) is 14.9. The molecule has 0 saturated heterocycles. The SMILES string of the molecule is CC(SCC1CCCC1)C(=O)Nc1ccc(C#N)cc1. The van der Waals surface area contributed by atoms with E-state index in [1.807, 2.05) is 6.92 Å². The average Bonchev–Trinajstić information content (AvgIpc) is 2.98. The van der Waals surface area contributed by atoms with E-state index in [-0.39, 0.29) is 11.2 Å². The maximum absolute atomic E-state index is 12.1. The van der Waals surface area contributed by atoms with Gasteiger partial charge >= 0.3 is 0 Å². The van der Waals surface area contributed by atoms with E-state index in [0.29, 0.717) is 5.56 Å². The lowest BCUT2D eigenvalue weighted by atomic mass is 10.1. The number of hydrogen-bond donors (Lipinski definition) is 1. The fourth-order valence-electron chi connectivity index (χ4n) is 2.41. The third-order valence-corrected chi connectivity index (χ3v) is 5.09. The Kier molecular flexibility index (Phi) is 5.49. The Morgan fingerprint density at radius 2 is 2.05 bits per heavy atom. The normalized spacial score (nSPS) is 16.6. The Hall–Kier alpha value is -1.47. The van der Waals surface area contributed by atoms with Gasteiger partial charge in [-0.15, -0.1) is 11.8 Å². The highest BCUT2D eigenvalue weighted by Gasteiger charge is 2.19. The van der Waals surface area contributed by atoms with E-state index < -0.39 is 0 Å². The number of anilines is 1. The molecule has 1 saturated carbocycles. The number of rotatable bonds is 5. The molecular formula is C16H20N2OS. The van der Waals surface area contributed by atoms with Crippen LogP contribution in [0.25, 0.3) is 0 Å². The average molecular weight is 288 g/mol. The molecule has 1 aliphatic rings. The van der Waals surface area contributed by atoms with Gasteiger partial charge in [-0.05, 0) is 55.7 Å². The molecule has 1 aromatic carbocycles. The van der Waals surface area contributed by atoms with Crippen LogP contribution in [0.5, 0.6) is 0 Å². The third kappa shape index (κ3) is 4.28. The van der Waals surface area contributed by atoms with Gasteiger partial charge in [0.1, 0.15) is 0 Å². The molecule has 0 aliphatic heterocycles. The number of hydrogen-bond acceptors (Lipinski definition) is 3. The molecule has 1 atom stereocenters. The van der Waals surface area contributed by atoms with Crippen molar-refractivity contribution in [2.45, 2.75) is 37.9 Å². The van der Waals surface area contributed by atoms with Gasteiger partial charge in [0, 0.05) is 5.69 Å². The van der Waals surface area contributed by atoms with Crippen LogP contribution in [0, 0.1) is 17.2 Å². The van der Waals surface area contributed by atoms with Gasteiger partial charge < -0.3 is 5.32 Å². The number of nitrogens with zero attached hydrogens (tertiary/aromatic N) is 1. The molecule has 3 nitrogen and oxygen atoms in total. The second-order valence-corrected chi connectivity index (χ2v) is 6.68. The van der Waals surface area contributed by atoms with Gasteiger partial charge in [0.15, 0.2) is 0 Å². The van der Waals surface area contributed by atoms with Crippen LogP contribution in [-0.4, -0.2) is 16.9 Å². The minimum absolute atomic E-state index is 0.0359. The molecule has 0 bridgehead atoms. The Balaban J connectivity index is 1.79. The standard InChI is InChI=1S/C16H20N2OS/c1-12(20-11-14-4-2-3-5-14)16(19)18-15-8-6-13(10-17)7-9-15/h6-9,12,14H,2-5,11H2,1H3,(H,18,19). The van der Waals surface area contributed by atoms with Crippen molar-refractivity contribution >= 4 is 23.4 Å². The fourth-order valence-corrected chi connectivity index (χ4v) is 3.51. The summed E-state index contributed by atoms with van der Waals surface area (Å²) in [6.07, 6.45) is 5.32. The first-order valence-corrected chi connectivity index (χ1v) is 8.16. The summed E-state index contributed by atoms with van der Waals surface area (Å²) in [7, 11) is 0. The second-order valence-electron chi connectivity index (χ2n) is 5.30. The summed E-state index contributed by atoms with van der Waals surface area (Å²) in [5.74, 6) is 1.92. The predicted molar refractivity (Wildman–Crippen MR) is 83.7 cm³/mol. The van der Waals surface area contributed by atoms with E-state index in [2.05, 4.69) is 11.4 Å². The Morgan fingerprint density at radius 1 is 1.40 bits per heavy atom. The van der Waals surface area contributed by atoms with Gasteiger partial charge in [0.2, 0.25) is 5.91 Å². The molecule has 1 N–H and O–H groups in total. The maximum atomic E-state index is 12.1. The lowest BCUT2D eigenvalue weighted by Gasteiger charge is -2.14. The Morgan fingerprint density at radius 3 is 2.65 bits per heavy atom. The molecule has 1 fully saturated rings. The highest BCUT2D eigenvalue weighted by molar-refractivity contribution is 8.00. The van der Waals surface area contributed by atoms with Crippen LogP contribution >= 0.6 is 11.8 Å². The van der Waals surface area contributed by atoms with Gasteiger partial charge in [-0.25, -0.2) is 0 Å². The molecule has 1 amide bonds. The van der Waals surface area contributed by atoms with Gasteiger partial charge in [0.25, 0.3) is 0 Å². The van der Waals surface area contributed by atoms with Gasteiger partial charge in [-0.3, -0.25) is 4.79 Å². The Labute approximate surface area is 124 Å². The van der Waals surface area contributed by atoms with Crippen molar-refractivity contribution in [2.75, 3.05) is 11.1 Å². The van der Waals surface area contributed by atoms with Crippen molar-refractivity contribution in [1.29, 1.82) is 5.26 Å². The summed E-state index contributed by atoms with van der Waals surface area (Å²) in [5.41, 5.74) is 1.36. The highest BCUT2D eigenvalue weighted by Crippen LogP contribution is 2.29. The molecule has 0 spiro atoms. The summed E-state index contributed by atoms with van der Waals surface area (Å²) in [6, 6.07) is 9.03. The predicted octanol–water partition coefficient (Wildman–Crippen LogP) is 3.81. The number of nitrogens with one attached hydrogen (secondary N) is 1. The minimum Gasteiger partial charge on any atom is -0.325 e. The molecule has 0 radical (unpaired) electrons. The number of carbonyl (C=O) groups excluding carboxylic acids is 1. The van der Waals surface area contributed by atoms with Gasteiger partial charge in [-0.1, -0.05) is 12.8 Å². The number of carbonyl (C=O) groups is 1. The fraction of sp³-hybridized carbons (Fsp3) is 0.500. The molecule has 0 heterocycles. The van der Waals surface area contributed by atoms with Crippen molar-refractivity contribution in [1.82, 2.24) is 0 Å². The zero-order valence-electron chi connectivity index (χ0n) is 11.8. The molecule has 2 rings (SSSR count). The number of benzene rings is 1. The van der Waals surface area contributed by atoms with Crippen LogP contribution in [0.3, 0.4) is 0 Å². The van der Waals surface area contributed by atoms with Crippen LogP contribution in [0.15, 0.2) is 24.3 Å². The molecule has 1 unspecified atom stereocenters. The molecule has 1 aliphatic carbocycles. The zero-order chi connectivity index (χ0) is 14.4. The van der Waals surface area contributed by atoms with E-state index in [0.717, 1.165) is 17.4 Å². The van der Waals surface area contributed by atoms with E-state index in [1.54, 1.807) is 36.0 Å². The Bertz CT molecular complexity index is 486. The smallest absolute Gasteiger partial charge is 0.237 e. The van der Waals surface area contributed by atoms with Crippen molar-refractivity contribution in [2.24, 2.45) is 5.92 Å². The third-order valence-electron chi connectivity index (χ3n) is 3.71. The zero-order valence-corrected chi connectivity index (χ0v) is 12.6. The largest absolute Gasteiger partial charge is 0.325 e. The van der Waals surface area contributed by atoms with E-state index >= 15 is 0 Å². The molecule has 20 heavy (non-hydrogen) atoms. The van der Waals surface area contributed by atoms with Gasteiger partial charge in [-0.2, -0.15) is 5.26 Å². The lowest BCUT2D eigenvalue weighted by molar-refractivity contribution is -0.115. The summed E-state index contributed by atoms with van der Waals surface area (Å²) in [4.78, 5) is 12.1. The monoisotopic (exact) mass is 288 g/mol. The highest BCUT2D eigenvalue weighted by atomic mass is 32.2. The second kappa shape index (κ2) is 7.35. The summed E-state index contributed by atoms with van der Waals surface area (Å²) in [5, 5.41) is 11.6. The summed E-state index contributed by atoms with van der Waals surface area (Å²) >= 11 is 1.74. The van der Waals surface area contributed by atoms with E-state index in [4.69, 9.17) is 5.26 Å². The van der Waals surface area contributed by atoms with Crippen LogP contribution in [0.4, 0.5) is 5.69 Å². The number of nitriles is 1. The lowest BCUT2D eigenvalue weighted by Crippen LogP contribution is -2.23. The van der Waals surface area contributed by atoms with Crippen LogP contribution < -0.4 is 5.32 Å². The maximum Gasteiger partial charge on any atom is 0.237 e. The minimum atomic E-state index is -0.0359. The quantitative estimate of drug-likeness (QED) is 0.896. The first-order valence-electron chi connectivity index (χ1n) is 7.11. The molecule has 1 aromatic rings. The van der Waals surface area contributed by atoms with Crippen molar-refractivity contribution in [3.05, 3.63) is 29.8 Å². The van der Waals surface area contributed by atoms with Crippen LogP contribution in [0.1, 0.15) is 38.2 Å². The molecule has 4 heteroatoms. The number of amides is 1. The van der Waals surface area contributed by atoms with Crippen molar-refractivity contribution in [3.63, 3.8) is 0 Å². The first-order chi connectivity index (χ1) is 9.69. The van der Waals surface area contributed by atoms with Gasteiger partial charge in [0.05, 0.1) is 16.9 Å². The van der Waals surface area contributed by atoms with Crippen molar-refractivity contribution in [3.8, 4) is 6.07 Å². The topological polar surface area (TPSA) is 52.9 Å². The molecule has 106 valence electrons. The molecular weight excluding hydrogens is 268 g/mol. The summed E-state index contributed by atoms with van der Waals surface area (Å²) in [6.45, 7) is 1.96. The van der Waals surface area contributed by atoms with E-state index in [9.17, 15) is 4.79 Å². The van der Waals surface area contributed by atoms with Crippen LogP contribution in [0.2, 0.25) is 0 Å². The number of thioether (sulfide) groups is 1. The van der Waals surface area contributed by atoms with E-state index in [1.165, 1.54) is 25.7 Å². The summed E-state index contributed by atoms with van der Waals surface area (Å²) < 4.78 is 0.